The van der Waals surface area contributed by atoms with Gasteiger partial charge in [-0.05, 0) is 56.0 Å². The highest BCUT2D eigenvalue weighted by Gasteiger charge is 2.17. The molecule has 0 saturated carbocycles. The molecule has 1 radical (unpaired) electrons. The summed E-state index contributed by atoms with van der Waals surface area (Å²) in [5.41, 5.74) is 5.21. The molecule has 0 bridgehead atoms. The lowest BCUT2D eigenvalue weighted by molar-refractivity contribution is -0.131. The topological polar surface area (TPSA) is 79.9 Å². The summed E-state index contributed by atoms with van der Waals surface area (Å²) < 4.78 is 10.7. The van der Waals surface area contributed by atoms with E-state index >= 15 is 0 Å². The average Bonchev–Trinajstić information content (AvgIpc) is 2.76. The van der Waals surface area contributed by atoms with Gasteiger partial charge in [0.05, 0.1) is 6.61 Å². The molecule has 0 spiro atoms. The molecule has 0 saturated heterocycles. The van der Waals surface area contributed by atoms with E-state index in [0.717, 1.165) is 33.2 Å². The van der Waals surface area contributed by atoms with E-state index in [4.69, 9.17) is 19.2 Å². The molecule has 0 aliphatic heterocycles. The Hall–Kier alpha value is -2.05. The van der Waals surface area contributed by atoms with Gasteiger partial charge in [-0.3, -0.25) is 0 Å². The van der Waals surface area contributed by atoms with Crippen LogP contribution in [0.1, 0.15) is 34.9 Å². The van der Waals surface area contributed by atoms with Crippen LogP contribution in [0.5, 0.6) is 0 Å². The molecule has 0 fully saturated rings. The summed E-state index contributed by atoms with van der Waals surface area (Å²) in [7, 11) is 0.635. The predicted octanol–water partition coefficient (Wildman–Crippen LogP) is 2.89. The van der Waals surface area contributed by atoms with E-state index in [1.54, 1.807) is 6.92 Å². The summed E-state index contributed by atoms with van der Waals surface area (Å²) in [5.74, 6) is -0.328. The lowest BCUT2D eigenvalue weighted by Crippen LogP contribution is -1.97. The summed E-state index contributed by atoms with van der Waals surface area (Å²) in [4.78, 5) is 10.9. The van der Waals surface area contributed by atoms with Crippen molar-refractivity contribution in [2.24, 2.45) is 0 Å². The molecule has 6 heteroatoms. The molecule has 115 valence electrons. The lowest BCUT2D eigenvalue weighted by Gasteiger charge is -2.10. The quantitative estimate of drug-likeness (QED) is 0.655. The Morgan fingerprint density at radius 2 is 2.00 bits per heavy atom. The van der Waals surface area contributed by atoms with Crippen molar-refractivity contribution in [3.8, 4) is 0 Å². The number of fused-ring (bicyclic) bond motifs is 1. The number of hydrogen-bond donors (Lipinski definition) is 2. The standard InChI is InChI=1S/C16H18BO5/c1-8(5-15(18)19)12-6-13-11(4)14(7-21-17-20)22-16(13)10(3)9(12)2/h5-6,20H,7H2,1-4H3,(H,18,19)/b8-5-. The normalized spacial score (nSPS) is 12.0. The summed E-state index contributed by atoms with van der Waals surface area (Å²) in [5, 5.41) is 18.5. The SMILES string of the molecule is C/C(=C/C(=O)O)c1cc2c(C)c(CO[B]O)oc2c(C)c1C. The van der Waals surface area contributed by atoms with Gasteiger partial charge in [-0.1, -0.05) is 0 Å². The highest BCUT2D eigenvalue weighted by molar-refractivity contribution is 6.15. The number of aliphatic carboxylic acids is 1. The first-order valence-corrected chi connectivity index (χ1v) is 6.88. The van der Waals surface area contributed by atoms with Crippen LogP contribution in [0.2, 0.25) is 0 Å². The zero-order chi connectivity index (χ0) is 16.4. The van der Waals surface area contributed by atoms with Crippen molar-refractivity contribution < 1.29 is 24.0 Å². The summed E-state index contributed by atoms with van der Waals surface area (Å²) >= 11 is 0. The number of hydrogen-bond acceptors (Lipinski definition) is 4. The van der Waals surface area contributed by atoms with Gasteiger partial charge in [0.2, 0.25) is 0 Å². The van der Waals surface area contributed by atoms with E-state index in [2.05, 4.69) is 0 Å². The zero-order valence-corrected chi connectivity index (χ0v) is 13.1. The van der Waals surface area contributed by atoms with E-state index < -0.39 is 5.97 Å². The Bertz CT molecular complexity index is 758. The van der Waals surface area contributed by atoms with Crippen molar-refractivity contribution in [1.29, 1.82) is 0 Å². The summed E-state index contributed by atoms with van der Waals surface area (Å²) in [6, 6.07) is 1.94. The molecule has 0 unspecified atom stereocenters. The number of allylic oxidation sites excluding steroid dienone is 1. The molecule has 0 atom stereocenters. The van der Waals surface area contributed by atoms with Crippen LogP contribution in [0.3, 0.4) is 0 Å². The van der Waals surface area contributed by atoms with Crippen LogP contribution in [0.15, 0.2) is 16.6 Å². The monoisotopic (exact) mass is 301 g/mol. The number of rotatable bonds is 5. The molecular formula is C16H18BO5. The molecule has 2 N–H and O–H groups in total. The van der Waals surface area contributed by atoms with Crippen molar-refractivity contribution in [1.82, 2.24) is 0 Å². The van der Waals surface area contributed by atoms with Crippen molar-refractivity contribution >= 4 is 30.2 Å². The maximum atomic E-state index is 10.9. The Balaban J connectivity index is 2.65. The molecule has 2 aromatic rings. The maximum Gasteiger partial charge on any atom is 0.485 e. The molecule has 22 heavy (non-hydrogen) atoms. The van der Waals surface area contributed by atoms with Crippen molar-refractivity contribution in [3.05, 3.63) is 40.2 Å². The summed E-state index contributed by atoms with van der Waals surface area (Å²) in [6.07, 6.45) is 1.20. The minimum atomic E-state index is -0.967. The third kappa shape index (κ3) is 2.93. The van der Waals surface area contributed by atoms with E-state index in [1.807, 2.05) is 26.8 Å². The fourth-order valence-corrected chi connectivity index (χ4v) is 2.58. The van der Waals surface area contributed by atoms with Gasteiger partial charge in [-0.2, -0.15) is 0 Å². The minimum Gasteiger partial charge on any atom is -0.478 e. The highest BCUT2D eigenvalue weighted by atomic mass is 16.5. The van der Waals surface area contributed by atoms with Gasteiger partial charge in [0, 0.05) is 17.0 Å². The Morgan fingerprint density at radius 1 is 1.32 bits per heavy atom. The number of aryl methyl sites for hydroxylation is 2. The van der Waals surface area contributed by atoms with Gasteiger partial charge < -0.3 is 19.2 Å². The van der Waals surface area contributed by atoms with Crippen molar-refractivity contribution in [2.75, 3.05) is 0 Å². The average molecular weight is 301 g/mol. The fourth-order valence-electron chi connectivity index (χ4n) is 2.58. The van der Waals surface area contributed by atoms with Gasteiger partial charge in [0.25, 0.3) is 0 Å². The van der Waals surface area contributed by atoms with E-state index in [1.165, 1.54) is 6.08 Å². The van der Waals surface area contributed by atoms with E-state index in [-0.39, 0.29) is 6.61 Å². The van der Waals surface area contributed by atoms with Crippen LogP contribution in [-0.2, 0) is 16.1 Å². The molecule has 2 rings (SSSR count). The third-order valence-corrected chi connectivity index (χ3v) is 3.94. The van der Waals surface area contributed by atoms with E-state index in [0.29, 0.717) is 19.0 Å². The van der Waals surface area contributed by atoms with Crippen molar-refractivity contribution in [3.63, 3.8) is 0 Å². The molecule has 0 aliphatic rings. The second-order valence-electron chi connectivity index (χ2n) is 5.28. The Morgan fingerprint density at radius 3 is 2.59 bits per heavy atom. The first-order valence-electron chi connectivity index (χ1n) is 6.88. The molecule has 0 amide bonds. The molecule has 5 nitrogen and oxygen atoms in total. The highest BCUT2D eigenvalue weighted by Crippen LogP contribution is 2.34. The molecule has 0 aliphatic carbocycles. The Labute approximate surface area is 129 Å². The smallest absolute Gasteiger partial charge is 0.478 e. The van der Waals surface area contributed by atoms with Gasteiger partial charge in [-0.15, -0.1) is 0 Å². The van der Waals surface area contributed by atoms with Crippen molar-refractivity contribution in [2.45, 2.75) is 34.3 Å². The van der Waals surface area contributed by atoms with E-state index in [9.17, 15) is 4.79 Å². The second-order valence-corrected chi connectivity index (χ2v) is 5.28. The van der Waals surface area contributed by atoms with Crippen LogP contribution in [-0.4, -0.2) is 23.8 Å². The third-order valence-electron chi connectivity index (χ3n) is 3.94. The van der Waals surface area contributed by atoms with Gasteiger partial charge in [-0.25, -0.2) is 4.79 Å². The van der Waals surface area contributed by atoms with Crippen LogP contribution in [0.25, 0.3) is 16.5 Å². The maximum absolute atomic E-state index is 10.9. The molecule has 1 heterocycles. The molecular weight excluding hydrogens is 283 g/mol. The largest absolute Gasteiger partial charge is 0.485 e. The minimum absolute atomic E-state index is 0.148. The number of carboxylic acid groups (broad SMARTS) is 1. The fraction of sp³-hybridized carbons (Fsp3) is 0.312. The number of benzene rings is 1. The second kappa shape index (κ2) is 6.38. The van der Waals surface area contributed by atoms with Gasteiger partial charge >= 0.3 is 13.7 Å². The molecule has 1 aromatic heterocycles. The van der Waals surface area contributed by atoms with Crippen LogP contribution in [0, 0.1) is 20.8 Å². The predicted molar refractivity (Wildman–Crippen MR) is 84.5 cm³/mol. The molecule has 1 aromatic carbocycles. The zero-order valence-electron chi connectivity index (χ0n) is 13.1. The van der Waals surface area contributed by atoms with Crippen LogP contribution >= 0.6 is 0 Å². The van der Waals surface area contributed by atoms with Crippen LogP contribution in [0.4, 0.5) is 0 Å². The van der Waals surface area contributed by atoms with Gasteiger partial charge in [0.15, 0.2) is 0 Å². The first kappa shape index (κ1) is 16.3. The summed E-state index contributed by atoms with van der Waals surface area (Å²) in [6.45, 7) is 7.73. The Kier molecular flexibility index (Phi) is 4.73. The number of furan rings is 1. The lowest BCUT2D eigenvalue weighted by atomic mass is 9.94. The van der Waals surface area contributed by atoms with Crippen LogP contribution < -0.4 is 0 Å². The first-order chi connectivity index (χ1) is 10.4. The van der Waals surface area contributed by atoms with Gasteiger partial charge in [0.1, 0.15) is 11.3 Å². The number of carboxylic acids is 1. The number of carbonyl (C=O) groups is 1.